The van der Waals surface area contributed by atoms with E-state index in [0.717, 1.165) is 122 Å². The highest BCUT2D eigenvalue weighted by Gasteiger charge is 2.45. The van der Waals surface area contributed by atoms with Crippen molar-refractivity contribution in [1.29, 1.82) is 10.5 Å². The van der Waals surface area contributed by atoms with Crippen LogP contribution in [0.1, 0.15) is 148 Å². The third kappa shape index (κ3) is 11.5. The van der Waals surface area contributed by atoms with E-state index in [0.29, 0.717) is 33.8 Å². The average Bonchev–Trinajstić information content (AvgIpc) is 1.14. The Bertz CT molecular complexity index is 6350. The number of hydrogen-bond acceptors (Lipinski definition) is 4. The lowest BCUT2D eigenvalue weighted by Crippen LogP contribution is -2.61. The summed E-state index contributed by atoms with van der Waals surface area (Å²) in [4.78, 5) is 4.68. The van der Waals surface area contributed by atoms with Crippen LogP contribution >= 0.6 is 0 Å². The monoisotopic (exact) mass is 1390 g/mol. The van der Waals surface area contributed by atoms with Crippen LogP contribution in [0, 0.1) is 22.7 Å². The van der Waals surface area contributed by atoms with E-state index >= 15 is 0 Å². The molecule has 13 aromatic carbocycles. The fourth-order valence-electron chi connectivity index (χ4n) is 16.4. The van der Waals surface area contributed by atoms with Gasteiger partial charge in [0.25, 0.3) is 6.71 Å². The number of nitriles is 2. The molecule has 0 N–H and O–H groups in total. The minimum absolute atomic E-state index is 0.0304. The molecular formula is C100H89BN6. The number of para-hydroxylation sites is 4. The number of hydrogen-bond donors (Lipinski definition) is 0. The summed E-state index contributed by atoms with van der Waals surface area (Å²) in [6, 6.07) is 91.9. The Labute approximate surface area is 636 Å². The molecule has 17 rings (SSSR count). The molecular weight excluding hydrogens is 1300 g/mol. The molecule has 0 bridgehead atoms. The van der Waals surface area contributed by atoms with Crippen LogP contribution in [-0.2, 0) is 27.1 Å². The highest BCUT2D eigenvalue weighted by atomic mass is 15.2. The molecule has 2 aliphatic heterocycles. The van der Waals surface area contributed by atoms with Gasteiger partial charge in [-0.3, -0.25) is 0 Å². The van der Waals surface area contributed by atoms with Crippen LogP contribution < -0.4 is 26.2 Å². The van der Waals surface area contributed by atoms with Crippen molar-refractivity contribution in [1.82, 2.24) is 9.13 Å². The molecule has 522 valence electrons. The van der Waals surface area contributed by atoms with E-state index in [9.17, 15) is 16.0 Å². The van der Waals surface area contributed by atoms with Crippen molar-refractivity contribution in [2.45, 2.75) is 131 Å². The first kappa shape index (κ1) is 63.6. The molecule has 0 aliphatic carbocycles. The molecule has 15 aromatic rings. The van der Waals surface area contributed by atoms with Crippen LogP contribution in [0.5, 0.6) is 0 Å². The standard InChI is InChI=1S/C100H89BN6/c1-96(2,3)71-31-27-30-65(46-71)81-51-70(61-103)89(59-90(81)105-86-38-25-21-34-79(86)80-35-22-26-39-87(80)105)107-92-53-64(68-49-74(99(10,11)12)57-75(50-68)100(13,14)15)42-45-83(92)101-82-44-41-63(67-47-72(97(4,5)6)56-73(48-67)98(7,8)9)52-91(82)106(93-54-69(55-94(107)95(93)101)62-28-17-16-18-29-62)88-58-76(43-40-66(88)60-102)104-84-36-23-19-32-77(84)78-33-20-24-37-85(78)104/h16-59H,1-15H3/i27D,30D,31D,46D. The van der Waals surface area contributed by atoms with Gasteiger partial charge >= 0.3 is 0 Å². The number of fused-ring (bicyclic) bond motifs is 10. The summed E-state index contributed by atoms with van der Waals surface area (Å²) < 4.78 is 43.8. The minimum atomic E-state index is -0.770. The molecule has 107 heavy (non-hydrogen) atoms. The maximum absolute atomic E-state index is 12.5. The second-order valence-corrected chi connectivity index (χ2v) is 34.6. The zero-order valence-electron chi connectivity index (χ0n) is 67.9. The van der Waals surface area contributed by atoms with Gasteiger partial charge in [-0.05, 0) is 189 Å². The van der Waals surface area contributed by atoms with Crippen molar-refractivity contribution in [3.63, 3.8) is 0 Å². The first-order chi connectivity index (χ1) is 52.8. The average molecular weight is 1390 g/mol. The second kappa shape index (κ2) is 24.9. The molecule has 0 atom stereocenters. The lowest BCUT2D eigenvalue weighted by atomic mass is 9.33. The number of aromatic nitrogens is 2. The van der Waals surface area contributed by atoms with Crippen molar-refractivity contribution < 1.29 is 5.48 Å². The number of nitrogens with zero attached hydrogens (tertiary/aromatic N) is 6. The van der Waals surface area contributed by atoms with Gasteiger partial charge in [0.2, 0.25) is 0 Å². The lowest BCUT2D eigenvalue weighted by molar-refractivity contribution is 0.568. The molecule has 0 saturated heterocycles. The van der Waals surface area contributed by atoms with Crippen molar-refractivity contribution in [3.05, 3.63) is 306 Å². The quantitative estimate of drug-likeness (QED) is 0.142. The Morgan fingerprint density at radius 2 is 0.710 bits per heavy atom. The number of benzene rings is 13. The number of rotatable bonds is 8. The first-order valence-electron chi connectivity index (χ1n) is 39.5. The van der Waals surface area contributed by atoms with Crippen LogP contribution in [-0.4, -0.2) is 15.8 Å². The summed E-state index contributed by atoms with van der Waals surface area (Å²) in [5, 5.41) is 28.7. The Kier molecular flexibility index (Phi) is 14.8. The highest BCUT2D eigenvalue weighted by Crippen LogP contribution is 2.52. The van der Waals surface area contributed by atoms with E-state index < -0.39 is 12.1 Å². The van der Waals surface area contributed by atoms with Crippen LogP contribution in [0.3, 0.4) is 0 Å². The SMILES string of the molecule is [2H]c1c([2H])c(-c2cc(C#N)c(N3c4cc(-c5cc(C(C)(C)C)cc(C(C)(C)C)c5)ccc4B4c5ccc(-c6cc(C(C)(C)C)cc(C(C)(C)C)c6)cc5N(c5cc(-n6c7ccccc7c7ccccc76)ccc5C#N)c5cc(-c6ccccc6)cc3c54)cc2-n2c3ccccc3c3ccccc32)c([2H])c(C(C)(C)C)c1[2H]. The summed E-state index contributed by atoms with van der Waals surface area (Å²) in [6.07, 6.45) is 0. The maximum Gasteiger partial charge on any atom is 0.252 e. The minimum Gasteiger partial charge on any atom is -0.310 e. The fourth-order valence-corrected chi connectivity index (χ4v) is 16.4. The maximum atomic E-state index is 12.5. The molecule has 6 nitrogen and oxygen atoms in total. The van der Waals surface area contributed by atoms with Gasteiger partial charge in [0.05, 0.1) is 55.7 Å². The molecule has 0 radical (unpaired) electrons. The Balaban J connectivity index is 1.05. The van der Waals surface area contributed by atoms with Crippen LogP contribution in [0.4, 0.5) is 34.1 Å². The van der Waals surface area contributed by atoms with E-state index in [1.807, 2.05) is 63.2 Å². The molecule has 0 unspecified atom stereocenters. The predicted octanol–water partition coefficient (Wildman–Crippen LogP) is 24.9. The largest absolute Gasteiger partial charge is 0.310 e. The van der Waals surface area contributed by atoms with Gasteiger partial charge in [-0.25, -0.2) is 0 Å². The topological polar surface area (TPSA) is 63.9 Å². The van der Waals surface area contributed by atoms with Gasteiger partial charge < -0.3 is 18.9 Å². The van der Waals surface area contributed by atoms with Gasteiger partial charge in [-0.2, -0.15) is 10.5 Å². The summed E-state index contributed by atoms with van der Waals surface area (Å²) in [5.41, 5.74) is 24.0. The van der Waals surface area contributed by atoms with Crippen LogP contribution in [0.2, 0.25) is 0 Å². The van der Waals surface area contributed by atoms with Gasteiger partial charge in [0, 0.05) is 55.5 Å². The normalized spacial score (nSPS) is 13.6. The molecule has 7 heteroatoms. The van der Waals surface area contributed by atoms with E-state index in [4.69, 9.17) is 0 Å². The molecule has 0 saturated carbocycles. The molecule has 2 aliphatic rings. The summed E-state index contributed by atoms with van der Waals surface area (Å²) in [7, 11) is 0. The van der Waals surface area contributed by atoms with E-state index in [2.05, 4.69) is 314 Å². The van der Waals surface area contributed by atoms with Crippen molar-refractivity contribution >= 4 is 101 Å². The summed E-state index contributed by atoms with van der Waals surface area (Å²) in [6.45, 7) is 32.8. The molecule has 2 aromatic heterocycles. The first-order valence-corrected chi connectivity index (χ1v) is 37.5. The van der Waals surface area contributed by atoms with Crippen LogP contribution in [0.15, 0.2) is 267 Å². The Morgan fingerprint density at radius 3 is 1.15 bits per heavy atom. The lowest BCUT2D eigenvalue weighted by Gasteiger charge is -2.45. The third-order valence-electron chi connectivity index (χ3n) is 22.3. The molecule has 0 spiro atoms. The van der Waals surface area contributed by atoms with E-state index in [1.165, 1.54) is 22.3 Å². The second-order valence-electron chi connectivity index (χ2n) is 34.6. The van der Waals surface area contributed by atoms with Gasteiger partial charge in [-0.1, -0.05) is 292 Å². The van der Waals surface area contributed by atoms with Crippen molar-refractivity contribution in [3.8, 4) is 68.0 Å². The van der Waals surface area contributed by atoms with Gasteiger partial charge in [0.1, 0.15) is 12.1 Å². The molecule has 0 fully saturated rings. The third-order valence-corrected chi connectivity index (χ3v) is 22.3. The summed E-state index contributed by atoms with van der Waals surface area (Å²) in [5.74, 6) is 0. The van der Waals surface area contributed by atoms with Gasteiger partial charge in [0.15, 0.2) is 0 Å². The zero-order valence-corrected chi connectivity index (χ0v) is 63.9. The fraction of sp³-hybridized carbons (Fsp3) is 0.200. The zero-order chi connectivity index (χ0) is 78.0. The highest BCUT2D eigenvalue weighted by molar-refractivity contribution is 7.00. The molecule has 0 amide bonds. The van der Waals surface area contributed by atoms with Crippen LogP contribution in [0.25, 0.3) is 99.5 Å². The Morgan fingerprint density at radius 1 is 0.308 bits per heavy atom. The van der Waals surface area contributed by atoms with Crippen molar-refractivity contribution in [2.24, 2.45) is 0 Å². The molecule has 4 heterocycles. The smallest absolute Gasteiger partial charge is 0.252 e. The van der Waals surface area contributed by atoms with E-state index in [1.54, 1.807) is 0 Å². The number of anilines is 6. The van der Waals surface area contributed by atoms with E-state index in [-0.39, 0.29) is 57.0 Å². The Hall–Kier alpha value is -11.9. The van der Waals surface area contributed by atoms with Crippen molar-refractivity contribution in [2.75, 3.05) is 9.80 Å². The summed E-state index contributed by atoms with van der Waals surface area (Å²) >= 11 is 0. The predicted molar refractivity (Wildman–Crippen MR) is 454 cm³/mol. The van der Waals surface area contributed by atoms with Gasteiger partial charge in [-0.15, -0.1) is 0 Å².